The fourth-order valence-corrected chi connectivity index (χ4v) is 2.38. The Morgan fingerprint density at radius 2 is 2.16 bits per heavy atom. The SMILES string of the molecule is Cc1nnc(C(C)N2CCC(OCCCO)CC2)o1. The van der Waals surface area contributed by atoms with Crippen LogP contribution in [-0.2, 0) is 4.74 Å². The number of rotatable bonds is 6. The lowest BCUT2D eigenvalue weighted by molar-refractivity contribution is -0.00746. The minimum atomic E-state index is 0.166. The van der Waals surface area contributed by atoms with Crippen LogP contribution in [0, 0.1) is 6.92 Å². The summed E-state index contributed by atoms with van der Waals surface area (Å²) in [6.07, 6.45) is 3.07. The molecule has 6 nitrogen and oxygen atoms in total. The van der Waals surface area contributed by atoms with Gasteiger partial charge < -0.3 is 14.3 Å². The predicted octanol–water partition coefficient (Wildman–Crippen LogP) is 1.30. The number of hydrogen-bond donors (Lipinski definition) is 1. The smallest absolute Gasteiger partial charge is 0.233 e. The molecule has 0 saturated carbocycles. The Morgan fingerprint density at radius 3 is 2.74 bits per heavy atom. The third-order valence-corrected chi connectivity index (χ3v) is 3.58. The molecule has 1 aromatic heterocycles. The van der Waals surface area contributed by atoms with Gasteiger partial charge in [0.2, 0.25) is 11.8 Å². The van der Waals surface area contributed by atoms with Gasteiger partial charge in [-0.05, 0) is 26.2 Å². The van der Waals surface area contributed by atoms with Crippen molar-refractivity contribution in [2.24, 2.45) is 0 Å². The fraction of sp³-hybridized carbons (Fsp3) is 0.846. The Labute approximate surface area is 113 Å². The summed E-state index contributed by atoms with van der Waals surface area (Å²) in [5.41, 5.74) is 0. The Kier molecular flexibility index (Phi) is 5.30. The van der Waals surface area contributed by atoms with Gasteiger partial charge in [-0.1, -0.05) is 0 Å². The predicted molar refractivity (Wildman–Crippen MR) is 69.7 cm³/mol. The average Bonchev–Trinajstić information content (AvgIpc) is 2.86. The van der Waals surface area contributed by atoms with Crippen LogP contribution in [0.1, 0.15) is 44.0 Å². The first-order valence-corrected chi connectivity index (χ1v) is 6.97. The molecular formula is C13H23N3O3. The molecule has 108 valence electrons. The maximum absolute atomic E-state index is 8.73. The van der Waals surface area contributed by atoms with E-state index in [-0.39, 0.29) is 12.6 Å². The van der Waals surface area contributed by atoms with Crippen molar-refractivity contribution in [1.82, 2.24) is 15.1 Å². The Bertz CT molecular complexity index is 375. The van der Waals surface area contributed by atoms with Gasteiger partial charge >= 0.3 is 0 Å². The van der Waals surface area contributed by atoms with E-state index >= 15 is 0 Å². The third kappa shape index (κ3) is 3.99. The van der Waals surface area contributed by atoms with Gasteiger partial charge in [-0.25, -0.2) is 0 Å². The van der Waals surface area contributed by atoms with Crippen LogP contribution in [-0.4, -0.2) is 52.6 Å². The lowest BCUT2D eigenvalue weighted by Gasteiger charge is -2.34. The van der Waals surface area contributed by atoms with E-state index in [1.807, 2.05) is 6.92 Å². The number of likely N-dealkylation sites (tertiary alicyclic amines) is 1. The Hall–Kier alpha value is -0.980. The van der Waals surface area contributed by atoms with E-state index in [1.165, 1.54) is 0 Å². The zero-order valence-electron chi connectivity index (χ0n) is 11.7. The van der Waals surface area contributed by atoms with E-state index in [9.17, 15) is 0 Å². The molecule has 1 saturated heterocycles. The summed E-state index contributed by atoms with van der Waals surface area (Å²) in [6, 6.07) is 0.166. The van der Waals surface area contributed by atoms with Gasteiger partial charge in [0, 0.05) is 33.2 Å². The van der Waals surface area contributed by atoms with Gasteiger partial charge in [-0.2, -0.15) is 0 Å². The fourth-order valence-electron chi connectivity index (χ4n) is 2.38. The zero-order chi connectivity index (χ0) is 13.7. The van der Waals surface area contributed by atoms with E-state index in [0.29, 0.717) is 24.5 Å². The molecule has 0 radical (unpaired) electrons. The van der Waals surface area contributed by atoms with Gasteiger partial charge in [0.15, 0.2) is 0 Å². The normalized spacial score (nSPS) is 19.7. The molecule has 1 fully saturated rings. The van der Waals surface area contributed by atoms with E-state index in [2.05, 4.69) is 22.0 Å². The molecule has 0 aromatic carbocycles. The quantitative estimate of drug-likeness (QED) is 0.785. The van der Waals surface area contributed by atoms with Gasteiger partial charge in [-0.3, -0.25) is 4.90 Å². The number of piperidine rings is 1. The minimum Gasteiger partial charge on any atom is -0.424 e. The van der Waals surface area contributed by atoms with Gasteiger partial charge in [0.1, 0.15) is 0 Å². The van der Waals surface area contributed by atoms with Crippen molar-refractivity contribution in [2.75, 3.05) is 26.3 Å². The number of nitrogens with zero attached hydrogens (tertiary/aromatic N) is 3. The second kappa shape index (κ2) is 6.98. The lowest BCUT2D eigenvalue weighted by Crippen LogP contribution is -2.38. The van der Waals surface area contributed by atoms with Crippen LogP contribution in [0.2, 0.25) is 0 Å². The van der Waals surface area contributed by atoms with Gasteiger partial charge in [-0.15, -0.1) is 10.2 Å². The van der Waals surface area contributed by atoms with Crippen molar-refractivity contribution < 1.29 is 14.3 Å². The van der Waals surface area contributed by atoms with E-state index in [4.69, 9.17) is 14.3 Å². The standard InChI is InChI=1S/C13H23N3O3/c1-10(13-15-14-11(2)19-13)16-6-4-12(5-7-16)18-9-3-8-17/h10,12,17H,3-9H2,1-2H3. The monoisotopic (exact) mass is 269 g/mol. The first-order valence-electron chi connectivity index (χ1n) is 6.97. The van der Waals surface area contributed by atoms with Crippen LogP contribution in [0.15, 0.2) is 4.42 Å². The first-order chi connectivity index (χ1) is 9.20. The number of aromatic nitrogens is 2. The molecule has 1 aliphatic heterocycles. The Morgan fingerprint density at radius 1 is 1.42 bits per heavy atom. The van der Waals surface area contributed by atoms with Gasteiger partial charge in [0.05, 0.1) is 12.1 Å². The summed E-state index contributed by atoms with van der Waals surface area (Å²) in [5.74, 6) is 1.31. The van der Waals surface area contributed by atoms with Crippen LogP contribution >= 0.6 is 0 Å². The van der Waals surface area contributed by atoms with E-state index in [0.717, 1.165) is 32.4 Å². The molecule has 1 unspecified atom stereocenters. The Balaban J connectivity index is 1.76. The summed E-state index contributed by atoms with van der Waals surface area (Å²) in [6.45, 7) is 6.72. The lowest BCUT2D eigenvalue weighted by atomic mass is 10.1. The number of aliphatic hydroxyl groups is 1. The molecule has 1 atom stereocenters. The summed E-state index contributed by atoms with van der Waals surface area (Å²) in [4.78, 5) is 2.35. The molecule has 0 amide bonds. The van der Waals surface area contributed by atoms with Gasteiger partial charge in [0.25, 0.3) is 0 Å². The van der Waals surface area contributed by atoms with Crippen molar-refractivity contribution in [3.63, 3.8) is 0 Å². The van der Waals surface area contributed by atoms with Crippen LogP contribution in [0.3, 0.4) is 0 Å². The van der Waals surface area contributed by atoms with Crippen LogP contribution < -0.4 is 0 Å². The zero-order valence-corrected chi connectivity index (χ0v) is 11.7. The number of aryl methyl sites for hydroxylation is 1. The highest BCUT2D eigenvalue weighted by Crippen LogP contribution is 2.24. The molecule has 6 heteroatoms. The molecule has 2 heterocycles. The third-order valence-electron chi connectivity index (χ3n) is 3.58. The second-order valence-electron chi connectivity index (χ2n) is 5.02. The summed E-state index contributed by atoms with van der Waals surface area (Å²) >= 11 is 0. The number of hydrogen-bond acceptors (Lipinski definition) is 6. The summed E-state index contributed by atoms with van der Waals surface area (Å²) in [7, 11) is 0. The molecule has 19 heavy (non-hydrogen) atoms. The maximum Gasteiger partial charge on any atom is 0.233 e. The largest absolute Gasteiger partial charge is 0.424 e. The molecule has 2 rings (SSSR count). The first kappa shape index (κ1) is 14.4. The highest BCUT2D eigenvalue weighted by molar-refractivity contribution is 4.90. The molecule has 0 spiro atoms. The van der Waals surface area contributed by atoms with Crippen molar-refractivity contribution in [3.05, 3.63) is 11.8 Å². The average molecular weight is 269 g/mol. The highest BCUT2D eigenvalue weighted by Gasteiger charge is 2.26. The van der Waals surface area contributed by atoms with Crippen LogP contribution in [0.5, 0.6) is 0 Å². The number of ether oxygens (including phenoxy) is 1. The maximum atomic E-state index is 8.73. The summed E-state index contributed by atoms with van der Waals surface area (Å²) < 4.78 is 11.2. The summed E-state index contributed by atoms with van der Waals surface area (Å²) in [5, 5.41) is 16.7. The molecule has 0 bridgehead atoms. The second-order valence-corrected chi connectivity index (χ2v) is 5.02. The molecule has 1 N–H and O–H groups in total. The van der Waals surface area contributed by atoms with E-state index < -0.39 is 0 Å². The van der Waals surface area contributed by atoms with Crippen molar-refractivity contribution >= 4 is 0 Å². The van der Waals surface area contributed by atoms with Crippen molar-refractivity contribution in [2.45, 2.75) is 45.3 Å². The van der Waals surface area contributed by atoms with Crippen LogP contribution in [0.25, 0.3) is 0 Å². The van der Waals surface area contributed by atoms with Crippen molar-refractivity contribution in [1.29, 1.82) is 0 Å². The van der Waals surface area contributed by atoms with E-state index in [1.54, 1.807) is 0 Å². The highest BCUT2D eigenvalue weighted by atomic mass is 16.5. The topological polar surface area (TPSA) is 71.6 Å². The van der Waals surface area contributed by atoms with Crippen LogP contribution in [0.4, 0.5) is 0 Å². The number of aliphatic hydroxyl groups excluding tert-OH is 1. The van der Waals surface area contributed by atoms with Crippen molar-refractivity contribution in [3.8, 4) is 0 Å². The molecule has 0 aliphatic carbocycles. The molecule has 1 aliphatic rings. The molecular weight excluding hydrogens is 246 g/mol. The minimum absolute atomic E-state index is 0.166. The molecule has 1 aromatic rings.